The Balaban J connectivity index is 0.00000361. The number of aliphatic hydroxyl groups excluding tert-OH is 1. The molecule has 3 fully saturated rings. The van der Waals surface area contributed by atoms with Crippen LogP contribution in [-0.2, 0) is 19.1 Å². The smallest absolute Gasteiger partial charge is 0.434 e. The first-order valence-corrected chi connectivity index (χ1v) is 12.9. The number of carbonyl (C=O) groups excluding carboxylic acids is 3. The highest BCUT2D eigenvalue weighted by atomic mass is 35.5. The molecule has 3 saturated carbocycles. The summed E-state index contributed by atoms with van der Waals surface area (Å²) < 4.78 is 9.98. The van der Waals surface area contributed by atoms with Crippen LogP contribution in [-0.4, -0.2) is 59.4 Å². The summed E-state index contributed by atoms with van der Waals surface area (Å²) in [5.41, 5.74) is 3.52. The number of nitrogens with two attached hydrogens (primary N) is 1. The minimum atomic E-state index is -1.69. The highest BCUT2D eigenvalue weighted by Gasteiger charge is 2.68. The van der Waals surface area contributed by atoms with E-state index in [1.807, 2.05) is 13.0 Å². The molecule has 8 nitrogen and oxygen atoms in total. The monoisotopic (exact) mass is 525 g/mol. The van der Waals surface area contributed by atoms with Crippen molar-refractivity contribution in [3.05, 3.63) is 23.8 Å². The Kier molecular flexibility index (Phi) is 8.45. The van der Waals surface area contributed by atoms with E-state index in [2.05, 4.69) is 13.8 Å². The Morgan fingerprint density at radius 1 is 1.22 bits per heavy atom. The molecule has 4 aliphatic carbocycles. The van der Waals surface area contributed by atoms with Crippen LogP contribution in [0.1, 0.15) is 59.3 Å². The number of fused-ring (bicyclic) bond motifs is 5. The number of unbranched alkanes of at least 4 members (excludes halogenated alkanes) is 1. The second kappa shape index (κ2) is 10.6. The molecule has 4 N–H and O–H groups in total. The Bertz CT molecular complexity index is 950. The number of allylic oxidation sites excluding steroid dienone is 4. The fourth-order valence-electron chi connectivity index (χ4n) is 7.90. The molecule has 0 heterocycles. The van der Waals surface area contributed by atoms with Crippen LogP contribution in [0.5, 0.6) is 0 Å². The van der Waals surface area contributed by atoms with Gasteiger partial charge in [-0.25, -0.2) is 4.79 Å². The van der Waals surface area contributed by atoms with Gasteiger partial charge in [-0.3, -0.25) is 9.59 Å². The molecule has 0 spiro atoms. The number of carbonyl (C=O) groups is 3. The summed E-state index contributed by atoms with van der Waals surface area (Å²) in [5.74, 6) is -0.382. The van der Waals surface area contributed by atoms with Crippen molar-refractivity contribution in [2.75, 3.05) is 19.8 Å². The van der Waals surface area contributed by atoms with Gasteiger partial charge in [0.2, 0.25) is 5.78 Å². The van der Waals surface area contributed by atoms with Gasteiger partial charge in [-0.15, -0.1) is 12.4 Å². The molecule has 0 aromatic carbocycles. The minimum absolute atomic E-state index is 0. The largest absolute Gasteiger partial charge is 0.508 e. The van der Waals surface area contributed by atoms with Gasteiger partial charge in [0.25, 0.3) is 0 Å². The number of halogens is 1. The van der Waals surface area contributed by atoms with Crippen LogP contribution in [0.2, 0.25) is 0 Å². The molecular formula is C27H40ClNO7. The van der Waals surface area contributed by atoms with E-state index < -0.39 is 41.1 Å². The van der Waals surface area contributed by atoms with Crippen molar-refractivity contribution >= 4 is 30.1 Å². The molecule has 36 heavy (non-hydrogen) atoms. The van der Waals surface area contributed by atoms with E-state index in [-0.39, 0.29) is 61.3 Å². The summed E-state index contributed by atoms with van der Waals surface area (Å²) in [7, 11) is 0. The van der Waals surface area contributed by atoms with Crippen LogP contribution in [0.3, 0.4) is 0 Å². The van der Waals surface area contributed by atoms with Crippen LogP contribution in [0.15, 0.2) is 23.8 Å². The lowest BCUT2D eigenvalue weighted by Crippen LogP contribution is -2.62. The van der Waals surface area contributed by atoms with Crippen LogP contribution in [0.4, 0.5) is 4.79 Å². The predicted octanol–water partition coefficient (Wildman–Crippen LogP) is 3.13. The zero-order chi connectivity index (χ0) is 25.6. The van der Waals surface area contributed by atoms with Gasteiger partial charge >= 0.3 is 6.16 Å². The third kappa shape index (κ3) is 4.55. The molecule has 0 aromatic heterocycles. The molecule has 0 bridgehead atoms. The summed E-state index contributed by atoms with van der Waals surface area (Å²) in [6.45, 7) is 6.21. The molecule has 0 aliphatic heterocycles. The molecule has 202 valence electrons. The fourth-order valence-corrected chi connectivity index (χ4v) is 7.90. The van der Waals surface area contributed by atoms with Crippen molar-refractivity contribution in [2.45, 2.75) is 71.0 Å². The van der Waals surface area contributed by atoms with E-state index in [1.165, 1.54) is 0 Å². The molecule has 4 aliphatic rings. The summed E-state index contributed by atoms with van der Waals surface area (Å²) in [6, 6.07) is 0. The van der Waals surface area contributed by atoms with Crippen LogP contribution in [0, 0.1) is 34.5 Å². The second-order valence-corrected chi connectivity index (χ2v) is 11.4. The van der Waals surface area contributed by atoms with Crippen LogP contribution >= 0.6 is 12.4 Å². The zero-order valence-corrected chi connectivity index (χ0v) is 22.2. The van der Waals surface area contributed by atoms with Crippen molar-refractivity contribution < 1.29 is 34.1 Å². The lowest BCUT2D eigenvalue weighted by Gasteiger charge is -2.60. The van der Waals surface area contributed by atoms with Crippen LogP contribution in [0.25, 0.3) is 0 Å². The highest BCUT2D eigenvalue weighted by molar-refractivity contribution is 6.01. The van der Waals surface area contributed by atoms with Gasteiger partial charge in [-0.2, -0.15) is 0 Å². The van der Waals surface area contributed by atoms with Crippen LogP contribution < -0.4 is 5.73 Å². The molecule has 9 heteroatoms. The van der Waals surface area contributed by atoms with Gasteiger partial charge in [-0.05, 0) is 75.0 Å². The molecule has 0 amide bonds. The Morgan fingerprint density at radius 2 is 1.94 bits per heavy atom. The van der Waals surface area contributed by atoms with Crippen molar-refractivity contribution in [1.29, 1.82) is 0 Å². The van der Waals surface area contributed by atoms with Gasteiger partial charge in [-0.1, -0.05) is 32.4 Å². The standard InChI is InChI=1S/C27H39NO7.ClH/c1-16-12-18-19-7-9-27(33,22(31)15-35-24(32)34-11-5-4-10-28)26(19,3)14-21(30)23(18)25(2)8-6-17(29)13-20(16)25;/h6,8,13,16,18-19,21,23,30,33H,4-5,7,9-12,14-15,28H2,1-3H3;1H/t16-,18-,19-,21-,23+,25-,26-,27-;/m0./s1. The lowest BCUT2D eigenvalue weighted by atomic mass is 9.45. The molecule has 8 atom stereocenters. The van der Waals surface area contributed by atoms with Gasteiger partial charge in [0.05, 0.1) is 12.7 Å². The summed E-state index contributed by atoms with van der Waals surface area (Å²) in [6.07, 6.45) is 6.90. The number of aliphatic hydroxyl groups is 2. The summed E-state index contributed by atoms with van der Waals surface area (Å²) >= 11 is 0. The predicted molar refractivity (Wildman–Crippen MR) is 135 cm³/mol. The summed E-state index contributed by atoms with van der Waals surface area (Å²) in [5, 5.41) is 23.2. The van der Waals surface area contributed by atoms with Crippen molar-refractivity contribution in [3.63, 3.8) is 0 Å². The highest BCUT2D eigenvalue weighted by Crippen LogP contribution is 2.67. The molecule has 0 saturated heterocycles. The van der Waals surface area contributed by atoms with E-state index in [0.29, 0.717) is 19.4 Å². The third-order valence-electron chi connectivity index (χ3n) is 9.57. The Labute approximate surface area is 219 Å². The van der Waals surface area contributed by atoms with Gasteiger partial charge < -0.3 is 25.4 Å². The topological polar surface area (TPSA) is 136 Å². The molecule has 4 rings (SSSR count). The Morgan fingerprint density at radius 3 is 2.64 bits per heavy atom. The average Bonchev–Trinajstić information content (AvgIpc) is 3.07. The normalized spacial score (nSPS) is 40.8. The van der Waals surface area contributed by atoms with E-state index in [0.717, 1.165) is 18.4 Å². The van der Waals surface area contributed by atoms with Gasteiger partial charge in [0, 0.05) is 16.7 Å². The number of rotatable bonds is 7. The molecule has 0 unspecified atom stereocenters. The first-order chi connectivity index (χ1) is 16.5. The first kappa shape index (κ1) is 28.8. The zero-order valence-electron chi connectivity index (χ0n) is 21.4. The number of ether oxygens (including phenoxy) is 2. The molecular weight excluding hydrogens is 486 g/mol. The first-order valence-electron chi connectivity index (χ1n) is 12.9. The van der Waals surface area contributed by atoms with Gasteiger partial charge in [0.1, 0.15) is 5.60 Å². The maximum Gasteiger partial charge on any atom is 0.508 e. The number of Topliss-reactive ketones (excluding diaryl/α,β-unsaturated/α-hetero) is 1. The molecule has 0 aromatic rings. The number of hydrogen-bond donors (Lipinski definition) is 3. The van der Waals surface area contributed by atoms with Crippen molar-refractivity contribution in [3.8, 4) is 0 Å². The van der Waals surface area contributed by atoms with E-state index in [1.54, 1.807) is 12.2 Å². The quantitative estimate of drug-likeness (QED) is 0.340. The number of ketones is 2. The summed E-state index contributed by atoms with van der Waals surface area (Å²) in [4.78, 5) is 37.2. The number of hydrogen-bond acceptors (Lipinski definition) is 8. The van der Waals surface area contributed by atoms with E-state index in [9.17, 15) is 24.6 Å². The minimum Gasteiger partial charge on any atom is -0.434 e. The molecule has 0 radical (unpaired) electrons. The maximum atomic E-state index is 13.2. The van der Waals surface area contributed by atoms with Crippen molar-refractivity contribution in [1.82, 2.24) is 0 Å². The second-order valence-electron chi connectivity index (χ2n) is 11.4. The average molecular weight is 526 g/mol. The van der Waals surface area contributed by atoms with E-state index in [4.69, 9.17) is 15.2 Å². The third-order valence-corrected chi connectivity index (χ3v) is 9.57. The lowest BCUT2D eigenvalue weighted by molar-refractivity contribution is -0.180. The van der Waals surface area contributed by atoms with E-state index >= 15 is 0 Å². The maximum absolute atomic E-state index is 13.2. The van der Waals surface area contributed by atoms with Crippen molar-refractivity contribution in [2.24, 2.45) is 40.2 Å². The Hall–Kier alpha value is -1.74. The van der Waals surface area contributed by atoms with Gasteiger partial charge in [0.15, 0.2) is 12.4 Å². The fraction of sp³-hybridized carbons (Fsp3) is 0.741. The SMILES string of the molecule is C[C@H]1C[C@@H]2[C@H]([C@@H](O)C[C@@]3(C)[C@H]2CC[C@]3(O)C(=O)COC(=O)OCCCCN)[C@@]2(C)C=CC(=O)C=C12.Cl.